The fourth-order valence-electron chi connectivity index (χ4n) is 4.29. The Morgan fingerprint density at radius 3 is 2.79 bits per heavy atom. The van der Waals surface area contributed by atoms with E-state index in [0.717, 1.165) is 44.1 Å². The minimum atomic E-state index is 0.497. The van der Waals surface area contributed by atoms with Crippen LogP contribution in [0, 0.1) is 23.7 Å². The second kappa shape index (κ2) is 9.97. The molecule has 28 heavy (non-hydrogen) atoms. The largest absolute Gasteiger partial charge is 0.425 e. The molecule has 152 valence electrons. The van der Waals surface area contributed by atoms with Gasteiger partial charge in [0.05, 0.1) is 0 Å². The van der Waals surface area contributed by atoms with E-state index in [1.807, 2.05) is 18.5 Å². The summed E-state index contributed by atoms with van der Waals surface area (Å²) in [5.74, 6) is 3.93. The Morgan fingerprint density at radius 1 is 1.25 bits per heavy atom. The van der Waals surface area contributed by atoms with Gasteiger partial charge in [-0.15, -0.1) is 10.2 Å². The third-order valence-corrected chi connectivity index (χ3v) is 5.91. The molecule has 3 rings (SSSR count). The minimum Gasteiger partial charge on any atom is -0.425 e. The van der Waals surface area contributed by atoms with Crippen molar-refractivity contribution in [2.75, 3.05) is 6.54 Å². The lowest BCUT2D eigenvalue weighted by Gasteiger charge is -2.37. The molecule has 2 aromatic rings. The van der Waals surface area contributed by atoms with Crippen molar-refractivity contribution < 1.29 is 4.42 Å². The Labute approximate surface area is 169 Å². The van der Waals surface area contributed by atoms with E-state index in [1.165, 1.54) is 17.6 Å². The Morgan fingerprint density at radius 2 is 2.07 bits per heavy atom. The molecule has 0 saturated heterocycles. The van der Waals surface area contributed by atoms with E-state index in [4.69, 9.17) is 4.42 Å². The molecule has 1 aliphatic rings. The zero-order valence-corrected chi connectivity index (χ0v) is 17.7. The van der Waals surface area contributed by atoms with Crippen LogP contribution in [-0.4, -0.2) is 21.7 Å². The van der Waals surface area contributed by atoms with Gasteiger partial charge in [-0.25, -0.2) is 0 Å². The molecule has 0 amide bonds. The quantitative estimate of drug-likeness (QED) is 0.642. The molecule has 0 aromatic carbocycles. The van der Waals surface area contributed by atoms with Crippen molar-refractivity contribution in [2.45, 2.75) is 59.9 Å². The molecule has 0 fully saturated rings. The summed E-state index contributed by atoms with van der Waals surface area (Å²) in [5.41, 5.74) is 2.69. The standard InChI is InChI=1S/C23H34N4O/c1-5-7-22-26-27-23(28-22)12-19-11-21(16(2)3)20(10-17(19)4)15-25-14-18-8-6-9-24-13-18/h6,8-10,13,16,19-21,25H,5,7,11-12,14-15H2,1-4H3. The average molecular weight is 383 g/mol. The maximum atomic E-state index is 5.84. The van der Waals surface area contributed by atoms with E-state index >= 15 is 0 Å². The first-order valence-electron chi connectivity index (χ1n) is 10.7. The molecule has 5 nitrogen and oxygen atoms in total. The van der Waals surface area contributed by atoms with E-state index in [0.29, 0.717) is 23.7 Å². The third-order valence-electron chi connectivity index (χ3n) is 5.91. The van der Waals surface area contributed by atoms with Gasteiger partial charge in [-0.2, -0.15) is 0 Å². The van der Waals surface area contributed by atoms with Gasteiger partial charge in [0.2, 0.25) is 11.8 Å². The monoisotopic (exact) mass is 382 g/mol. The van der Waals surface area contributed by atoms with Crippen molar-refractivity contribution in [1.82, 2.24) is 20.5 Å². The van der Waals surface area contributed by atoms with Gasteiger partial charge >= 0.3 is 0 Å². The van der Waals surface area contributed by atoms with Gasteiger partial charge in [-0.3, -0.25) is 4.98 Å². The first kappa shape index (κ1) is 20.7. The zero-order valence-electron chi connectivity index (χ0n) is 17.7. The van der Waals surface area contributed by atoms with Crippen molar-refractivity contribution in [1.29, 1.82) is 0 Å². The lowest BCUT2D eigenvalue weighted by molar-refractivity contribution is 0.217. The van der Waals surface area contributed by atoms with Crippen LogP contribution < -0.4 is 5.32 Å². The van der Waals surface area contributed by atoms with Gasteiger partial charge in [0.15, 0.2) is 0 Å². The number of hydrogen-bond donors (Lipinski definition) is 1. The number of allylic oxidation sites excluding steroid dienone is 1. The first-order valence-corrected chi connectivity index (χ1v) is 10.7. The maximum Gasteiger partial charge on any atom is 0.217 e. The number of pyridine rings is 1. The fourth-order valence-corrected chi connectivity index (χ4v) is 4.29. The van der Waals surface area contributed by atoms with Crippen LogP contribution in [0.15, 0.2) is 40.6 Å². The third kappa shape index (κ3) is 5.51. The molecular weight excluding hydrogens is 348 g/mol. The molecule has 2 heterocycles. The molecule has 0 saturated carbocycles. The maximum absolute atomic E-state index is 5.84. The normalized spacial score (nSPS) is 22.5. The highest BCUT2D eigenvalue weighted by Crippen LogP contribution is 2.38. The SMILES string of the molecule is CCCc1nnc(CC2CC(C(C)C)C(CNCc3cccnc3)C=C2C)o1. The number of nitrogens with zero attached hydrogens (tertiary/aromatic N) is 3. The summed E-state index contributed by atoms with van der Waals surface area (Å²) in [6.07, 6.45) is 10.2. The van der Waals surface area contributed by atoms with E-state index < -0.39 is 0 Å². The summed E-state index contributed by atoms with van der Waals surface area (Å²) in [6, 6.07) is 4.11. The molecule has 5 heteroatoms. The van der Waals surface area contributed by atoms with Gasteiger partial charge < -0.3 is 9.73 Å². The van der Waals surface area contributed by atoms with E-state index in [2.05, 4.69) is 60.3 Å². The predicted molar refractivity (Wildman–Crippen MR) is 112 cm³/mol. The molecule has 1 N–H and O–H groups in total. The van der Waals surface area contributed by atoms with Crippen LogP contribution in [0.2, 0.25) is 0 Å². The number of hydrogen-bond acceptors (Lipinski definition) is 5. The van der Waals surface area contributed by atoms with Crippen LogP contribution in [0.3, 0.4) is 0 Å². The zero-order chi connectivity index (χ0) is 19.9. The van der Waals surface area contributed by atoms with Gasteiger partial charge in [-0.05, 0) is 55.1 Å². The minimum absolute atomic E-state index is 0.497. The highest BCUT2D eigenvalue weighted by Gasteiger charge is 2.32. The molecule has 0 bridgehead atoms. The number of aryl methyl sites for hydroxylation is 1. The van der Waals surface area contributed by atoms with E-state index in [9.17, 15) is 0 Å². The summed E-state index contributed by atoms with van der Waals surface area (Å²) in [5, 5.41) is 12.1. The van der Waals surface area contributed by atoms with Gasteiger partial charge in [0.25, 0.3) is 0 Å². The molecule has 0 aliphatic heterocycles. The molecule has 3 unspecified atom stereocenters. The highest BCUT2D eigenvalue weighted by molar-refractivity contribution is 5.14. The molecule has 2 aromatic heterocycles. The predicted octanol–water partition coefficient (Wildman–Crippen LogP) is 4.60. The van der Waals surface area contributed by atoms with Crippen molar-refractivity contribution >= 4 is 0 Å². The Balaban J connectivity index is 1.61. The summed E-state index contributed by atoms with van der Waals surface area (Å²) in [4.78, 5) is 4.20. The molecule has 0 radical (unpaired) electrons. The van der Waals surface area contributed by atoms with Crippen LogP contribution in [0.25, 0.3) is 0 Å². The van der Waals surface area contributed by atoms with Crippen LogP contribution in [0.1, 0.15) is 57.9 Å². The van der Waals surface area contributed by atoms with Crippen LogP contribution in [0.4, 0.5) is 0 Å². The van der Waals surface area contributed by atoms with Crippen molar-refractivity contribution in [3.05, 3.63) is 53.5 Å². The van der Waals surface area contributed by atoms with Crippen molar-refractivity contribution in [3.63, 3.8) is 0 Å². The topological polar surface area (TPSA) is 63.8 Å². The second-order valence-corrected chi connectivity index (χ2v) is 8.45. The smallest absolute Gasteiger partial charge is 0.217 e. The molecule has 1 aliphatic carbocycles. The Kier molecular flexibility index (Phi) is 7.37. The Hall–Kier alpha value is -2.01. The van der Waals surface area contributed by atoms with Crippen molar-refractivity contribution in [2.24, 2.45) is 23.7 Å². The number of aromatic nitrogens is 3. The first-order chi connectivity index (χ1) is 13.6. The van der Waals surface area contributed by atoms with E-state index in [-0.39, 0.29) is 0 Å². The summed E-state index contributed by atoms with van der Waals surface area (Å²) >= 11 is 0. The summed E-state index contributed by atoms with van der Waals surface area (Å²) < 4.78 is 5.84. The van der Waals surface area contributed by atoms with E-state index in [1.54, 1.807) is 0 Å². The summed E-state index contributed by atoms with van der Waals surface area (Å²) in [7, 11) is 0. The fraction of sp³-hybridized carbons (Fsp3) is 0.609. The van der Waals surface area contributed by atoms with Crippen LogP contribution >= 0.6 is 0 Å². The number of nitrogens with one attached hydrogen (secondary N) is 1. The Bertz CT molecular complexity index is 753. The molecule has 3 atom stereocenters. The van der Waals surface area contributed by atoms with Gasteiger partial charge in [0.1, 0.15) is 0 Å². The second-order valence-electron chi connectivity index (χ2n) is 8.45. The average Bonchev–Trinajstić information content (AvgIpc) is 3.12. The van der Waals surface area contributed by atoms with Crippen LogP contribution in [-0.2, 0) is 19.4 Å². The van der Waals surface area contributed by atoms with Gasteiger partial charge in [-0.1, -0.05) is 38.5 Å². The number of rotatable bonds is 9. The molecular formula is C23H34N4O. The van der Waals surface area contributed by atoms with Gasteiger partial charge in [0, 0.05) is 38.3 Å². The highest BCUT2D eigenvalue weighted by atomic mass is 16.4. The summed E-state index contributed by atoms with van der Waals surface area (Å²) in [6.45, 7) is 11.0. The lowest BCUT2D eigenvalue weighted by Crippen LogP contribution is -2.34. The molecule has 0 spiro atoms. The van der Waals surface area contributed by atoms with Crippen LogP contribution in [0.5, 0.6) is 0 Å². The van der Waals surface area contributed by atoms with Crippen molar-refractivity contribution in [3.8, 4) is 0 Å². The lowest BCUT2D eigenvalue weighted by atomic mass is 9.70.